The maximum absolute atomic E-state index is 8.74. The second-order valence-electron chi connectivity index (χ2n) is 4.12. The molecule has 0 saturated carbocycles. The molecule has 0 amide bonds. The van der Waals surface area contributed by atoms with Gasteiger partial charge in [0.1, 0.15) is 0 Å². The van der Waals surface area contributed by atoms with Crippen LogP contribution < -0.4 is 14.4 Å². The van der Waals surface area contributed by atoms with Crippen molar-refractivity contribution in [3.05, 3.63) is 22.7 Å². The molecule has 0 unspecified atom stereocenters. The molecule has 2 N–H and O–H groups in total. The minimum Gasteiger partial charge on any atom is -0.399 e. The molecule has 0 bridgehead atoms. The van der Waals surface area contributed by atoms with Crippen LogP contribution in [0.1, 0.15) is 12.5 Å². The molecule has 1 aliphatic rings. The van der Waals surface area contributed by atoms with Crippen molar-refractivity contribution in [2.24, 2.45) is 0 Å². The average Bonchev–Trinajstić information content (AvgIpc) is 2.42. The molecule has 0 aromatic heterocycles. The number of benzene rings is 1. The lowest BCUT2D eigenvalue weighted by Gasteiger charge is -2.31. The number of rotatable bonds is 4. The summed E-state index contributed by atoms with van der Waals surface area (Å²) in [7, 11) is 0. The zero-order valence-electron chi connectivity index (χ0n) is 10.3. The van der Waals surface area contributed by atoms with E-state index in [9.17, 15) is 0 Å². The second-order valence-corrected chi connectivity index (χ2v) is 4.82. The molecule has 1 fully saturated rings. The van der Waals surface area contributed by atoms with Crippen molar-refractivity contribution in [1.29, 1.82) is 0 Å². The summed E-state index contributed by atoms with van der Waals surface area (Å²) in [6.07, 6.45) is 0.839. The van der Waals surface area contributed by atoms with Gasteiger partial charge in [-0.25, -0.2) is 0 Å². The molecule has 100 valence electrons. The fourth-order valence-electron chi connectivity index (χ4n) is 2.23. The number of hydrogen-bond acceptors (Lipinski definition) is 5. The van der Waals surface area contributed by atoms with Gasteiger partial charge in [-0.05, 0) is 24.1 Å². The topological polar surface area (TPSA) is 44.7 Å². The predicted octanol–water partition coefficient (Wildman–Crippen LogP) is 2.81. The Morgan fingerprint density at radius 2 is 2.17 bits per heavy atom. The van der Waals surface area contributed by atoms with Crippen LogP contribution in [0, 0.1) is 0 Å². The number of hydrogen-bond donors (Lipinski definition) is 2. The lowest BCUT2D eigenvalue weighted by Crippen LogP contribution is -2.43. The molecule has 1 aromatic carbocycles. The van der Waals surface area contributed by atoms with E-state index in [1.807, 2.05) is 12.1 Å². The molecule has 2 rings (SSSR count). The van der Waals surface area contributed by atoms with Gasteiger partial charge in [-0.2, -0.15) is 0 Å². The summed E-state index contributed by atoms with van der Waals surface area (Å²) in [5.41, 5.74) is 2.24. The summed E-state index contributed by atoms with van der Waals surface area (Å²) < 4.78 is 13.8. The van der Waals surface area contributed by atoms with Crippen LogP contribution in [0.2, 0.25) is 5.02 Å². The second kappa shape index (κ2) is 6.52. The fourth-order valence-corrected chi connectivity index (χ4v) is 2.83. The number of halogens is 1. The summed E-state index contributed by atoms with van der Waals surface area (Å²) in [4.78, 5) is 2.33. The summed E-state index contributed by atoms with van der Waals surface area (Å²) >= 11 is 6.64. The Morgan fingerprint density at radius 1 is 1.44 bits per heavy atom. The summed E-state index contributed by atoms with van der Waals surface area (Å²) in [5, 5.41) is 3.93. The van der Waals surface area contributed by atoms with Gasteiger partial charge in [-0.1, -0.05) is 18.5 Å². The van der Waals surface area contributed by atoms with E-state index in [0.29, 0.717) is 23.1 Å². The van der Waals surface area contributed by atoms with Gasteiger partial charge in [0, 0.05) is 31.9 Å². The summed E-state index contributed by atoms with van der Waals surface area (Å²) in [6.45, 7) is 6.02. The Balaban J connectivity index is 2.32. The molecule has 1 heterocycles. The average molecular weight is 289 g/mol. The lowest BCUT2D eigenvalue weighted by atomic mass is 10.1. The Kier molecular flexibility index (Phi) is 5.00. The fraction of sp³-hybridized carbons (Fsp3) is 0.500. The van der Waals surface area contributed by atoms with Crippen LogP contribution in [0.3, 0.4) is 0 Å². The molecule has 6 heteroatoms. The molecular formula is C12H17ClN2O2S. The van der Waals surface area contributed by atoms with E-state index in [4.69, 9.17) is 20.3 Å². The maximum atomic E-state index is 8.74. The lowest BCUT2D eigenvalue weighted by molar-refractivity contribution is 0.540. The van der Waals surface area contributed by atoms with Gasteiger partial charge in [0.2, 0.25) is 12.3 Å². The zero-order valence-corrected chi connectivity index (χ0v) is 11.9. The molecule has 18 heavy (non-hydrogen) atoms. The van der Waals surface area contributed by atoms with E-state index >= 15 is 0 Å². The standard InChI is InChI=1S/C12H17ClN2O2S/c1-2-9-10(15-7-5-14-6-8-15)3-4-11(12(9)13)17-18-16/h3-4,14,16H,2,5-8H2,1H3. The van der Waals surface area contributed by atoms with Gasteiger partial charge in [-0.3, -0.25) is 4.55 Å². The van der Waals surface area contributed by atoms with E-state index in [2.05, 4.69) is 17.1 Å². The molecule has 0 spiro atoms. The van der Waals surface area contributed by atoms with Crippen LogP contribution in [-0.4, -0.2) is 30.7 Å². The van der Waals surface area contributed by atoms with Gasteiger partial charge in [0.05, 0.1) is 5.02 Å². The van der Waals surface area contributed by atoms with E-state index < -0.39 is 0 Å². The van der Waals surface area contributed by atoms with Crippen LogP contribution in [0.4, 0.5) is 5.69 Å². The van der Waals surface area contributed by atoms with E-state index in [1.165, 1.54) is 5.69 Å². The molecule has 1 saturated heterocycles. The van der Waals surface area contributed by atoms with Gasteiger partial charge in [0.15, 0.2) is 5.75 Å². The minimum atomic E-state index is 0.321. The largest absolute Gasteiger partial charge is 0.399 e. The van der Waals surface area contributed by atoms with Gasteiger partial charge in [0.25, 0.3) is 0 Å². The van der Waals surface area contributed by atoms with Crippen molar-refractivity contribution in [1.82, 2.24) is 5.32 Å². The molecule has 1 aromatic rings. The van der Waals surface area contributed by atoms with Crippen molar-refractivity contribution in [2.45, 2.75) is 13.3 Å². The Labute approximate surface area is 117 Å². The number of anilines is 1. The van der Waals surface area contributed by atoms with Crippen LogP contribution in [0.5, 0.6) is 5.75 Å². The highest BCUT2D eigenvalue weighted by Crippen LogP contribution is 2.37. The first-order valence-electron chi connectivity index (χ1n) is 6.03. The molecule has 4 nitrogen and oxygen atoms in total. The maximum Gasteiger partial charge on any atom is 0.222 e. The Morgan fingerprint density at radius 3 is 2.78 bits per heavy atom. The van der Waals surface area contributed by atoms with Gasteiger partial charge in [-0.15, -0.1) is 0 Å². The first-order valence-corrected chi connectivity index (χ1v) is 7.10. The first kappa shape index (κ1) is 13.8. The third-order valence-electron chi connectivity index (χ3n) is 3.12. The number of piperazine rings is 1. The van der Waals surface area contributed by atoms with Crippen LogP contribution >= 0.6 is 23.9 Å². The van der Waals surface area contributed by atoms with Crippen molar-refractivity contribution in [3.8, 4) is 5.75 Å². The molecule has 1 aliphatic heterocycles. The highest BCUT2D eigenvalue weighted by molar-refractivity contribution is 7.89. The smallest absolute Gasteiger partial charge is 0.222 e. The third-order valence-corrected chi connectivity index (χ3v) is 3.79. The summed E-state index contributed by atoms with van der Waals surface area (Å²) in [5.74, 6) is 0.514. The summed E-state index contributed by atoms with van der Waals surface area (Å²) in [6, 6.07) is 3.82. The normalized spacial score (nSPS) is 15.8. The molecule has 0 radical (unpaired) electrons. The number of nitrogens with one attached hydrogen (secondary N) is 1. The highest BCUT2D eigenvalue weighted by Gasteiger charge is 2.18. The van der Waals surface area contributed by atoms with Crippen molar-refractivity contribution in [2.75, 3.05) is 31.1 Å². The first-order chi connectivity index (χ1) is 8.77. The monoisotopic (exact) mass is 288 g/mol. The molecular weight excluding hydrogens is 272 g/mol. The Bertz CT molecular complexity index is 411. The van der Waals surface area contributed by atoms with E-state index in [1.54, 1.807) is 0 Å². The molecule has 0 atom stereocenters. The van der Waals surface area contributed by atoms with Crippen LogP contribution in [-0.2, 0) is 6.42 Å². The van der Waals surface area contributed by atoms with E-state index in [0.717, 1.165) is 38.2 Å². The van der Waals surface area contributed by atoms with Gasteiger partial charge < -0.3 is 14.4 Å². The third kappa shape index (κ3) is 2.85. The predicted molar refractivity (Wildman–Crippen MR) is 76.8 cm³/mol. The van der Waals surface area contributed by atoms with Crippen LogP contribution in [0.25, 0.3) is 0 Å². The van der Waals surface area contributed by atoms with Crippen molar-refractivity contribution < 1.29 is 8.74 Å². The minimum absolute atomic E-state index is 0.321. The zero-order chi connectivity index (χ0) is 13.0. The SMILES string of the molecule is CCc1c(N2CCNCC2)ccc(OSO)c1Cl. The van der Waals surface area contributed by atoms with Gasteiger partial charge >= 0.3 is 0 Å². The molecule has 0 aliphatic carbocycles. The highest BCUT2D eigenvalue weighted by atomic mass is 35.5. The van der Waals surface area contributed by atoms with Crippen molar-refractivity contribution in [3.63, 3.8) is 0 Å². The quantitative estimate of drug-likeness (QED) is 0.834. The van der Waals surface area contributed by atoms with E-state index in [-0.39, 0.29) is 0 Å². The van der Waals surface area contributed by atoms with Crippen molar-refractivity contribution >= 4 is 29.6 Å². The number of nitrogens with zero attached hydrogens (tertiary/aromatic N) is 1. The van der Waals surface area contributed by atoms with Crippen LogP contribution in [0.15, 0.2) is 12.1 Å². The Hall–Kier alpha value is -0.620.